The number of benzene rings is 1. The highest BCUT2D eigenvalue weighted by Gasteiger charge is 2.11. The Labute approximate surface area is 121 Å². The van der Waals surface area contributed by atoms with Crippen molar-refractivity contribution in [1.29, 1.82) is 0 Å². The first-order valence-corrected chi connectivity index (χ1v) is 7.04. The number of nitrogens with one attached hydrogen (secondary N) is 1. The maximum atomic E-state index is 4.38. The Kier molecular flexibility index (Phi) is 3.43. The van der Waals surface area contributed by atoms with E-state index >= 15 is 0 Å². The number of nitrogens with zero attached hydrogens (tertiary/aromatic N) is 3. The van der Waals surface area contributed by atoms with Crippen molar-refractivity contribution < 1.29 is 0 Å². The van der Waals surface area contributed by atoms with Gasteiger partial charge in [0, 0.05) is 29.3 Å². The van der Waals surface area contributed by atoms with E-state index < -0.39 is 0 Å². The van der Waals surface area contributed by atoms with Crippen molar-refractivity contribution in [2.24, 2.45) is 0 Å². The zero-order valence-corrected chi connectivity index (χ0v) is 12.0. The van der Waals surface area contributed by atoms with Crippen LogP contribution in [-0.2, 0) is 0 Å². The third-order valence-electron chi connectivity index (χ3n) is 2.95. The second kappa shape index (κ2) is 5.38. The van der Waals surface area contributed by atoms with Gasteiger partial charge in [-0.1, -0.05) is 12.1 Å². The molecular formula is C15H13N4S. The minimum Gasteiger partial charge on any atom is -0.324 e. The Hall–Kier alpha value is -2.27. The van der Waals surface area contributed by atoms with Crippen molar-refractivity contribution in [3.05, 3.63) is 53.4 Å². The molecule has 0 aliphatic heterocycles. The number of aromatic nitrogens is 3. The zero-order chi connectivity index (χ0) is 13.9. The fourth-order valence-electron chi connectivity index (χ4n) is 2.03. The fraction of sp³-hybridized carbons (Fsp3) is 0.133. The summed E-state index contributed by atoms with van der Waals surface area (Å²) in [5.41, 5.74) is 7.10. The van der Waals surface area contributed by atoms with E-state index in [2.05, 4.69) is 38.8 Å². The summed E-state index contributed by atoms with van der Waals surface area (Å²) in [6, 6.07) is 7.99. The van der Waals surface area contributed by atoms with Crippen LogP contribution in [0.2, 0.25) is 0 Å². The minimum absolute atomic E-state index is 0.602. The van der Waals surface area contributed by atoms with E-state index in [0.717, 1.165) is 21.8 Å². The fourth-order valence-corrected chi connectivity index (χ4v) is 2.71. The minimum atomic E-state index is 0.602. The summed E-state index contributed by atoms with van der Waals surface area (Å²) in [6.07, 6.45) is 3.58. The van der Waals surface area contributed by atoms with Crippen LogP contribution in [0.15, 0.2) is 36.7 Å². The molecule has 4 nitrogen and oxygen atoms in total. The molecule has 2 heterocycles. The van der Waals surface area contributed by atoms with Gasteiger partial charge in [-0.3, -0.25) is 0 Å². The van der Waals surface area contributed by atoms with Crippen LogP contribution in [0.3, 0.4) is 0 Å². The lowest BCUT2D eigenvalue weighted by Gasteiger charge is -2.12. The highest BCUT2D eigenvalue weighted by atomic mass is 32.1. The van der Waals surface area contributed by atoms with E-state index in [1.807, 2.05) is 31.3 Å². The summed E-state index contributed by atoms with van der Waals surface area (Å²) in [4.78, 5) is 13.7. The van der Waals surface area contributed by atoms with Crippen molar-refractivity contribution in [2.75, 3.05) is 5.32 Å². The largest absolute Gasteiger partial charge is 0.324 e. The molecule has 0 fully saturated rings. The van der Waals surface area contributed by atoms with Gasteiger partial charge >= 0.3 is 0 Å². The predicted molar refractivity (Wildman–Crippen MR) is 81.2 cm³/mol. The Bertz CT molecular complexity index is 722. The normalized spacial score (nSPS) is 10.5. The molecule has 0 aliphatic rings. The molecule has 3 aromatic rings. The number of rotatable bonds is 3. The lowest BCUT2D eigenvalue weighted by Crippen LogP contribution is -1.99. The number of thiazole rings is 1. The van der Waals surface area contributed by atoms with Crippen molar-refractivity contribution in [3.8, 4) is 10.4 Å². The highest BCUT2D eigenvalue weighted by Crippen LogP contribution is 2.34. The molecule has 0 spiro atoms. The molecule has 1 aromatic carbocycles. The molecule has 3 rings (SSSR count). The van der Waals surface area contributed by atoms with Gasteiger partial charge in [-0.2, -0.15) is 0 Å². The summed E-state index contributed by atoms with van der Waals surface area (Å²) >= 11 is 1.50. The van der Waals surface area contributed by atoms with Crippen LogP contribution in [0, 0.1) is 19.4 Å². The first-order chi connectivity index (χ1) is 9.74. The highest BCUT2D eigenvalue weighted by molar-refractivity contribution is 7.12. The molecule has 5 heteroatoms. The zero-order valence-electron chi connectivity index (χ0n) is 11.2. The van der Waals surface area contributed by atoms with Crippen LogP contribution < -0.4 is 5.32 Å². The summed E-state index contributed by atoms with van der Waals surface area (Å²) < 4.78 is 0. The molecular weight excluding hydrogens is 268 g/mol. The molecule has 1 radical (unpaired) electrons. The van der Waals surface area contributed by atoms with Crippen LogP contribution in [0.5, 0.6) is 0 Å². The lowest BCUT2D eigenvalue weighted by molar-refractivity contribution is 1.11. The number of anilines is 2. The second-order valence-electron chi connectivity index (χ2n) is 4.46. The standard InChI is InChI=1S/C15H13N4S/c1-10-4-3-5-12(14(10)13-8-16-9-20-13)19-15-17-7-6-11(2)18-15/h3-8H,1-2H3,(H,17,18,19). The van der Waals surface area contributed by atoms with E-state index in [1.54, 1.807) is 6.20 Å². The monoisotopic (exact) mass is 281 g/mol. The van der Waals surface area contributed by atoms with Gasteiger partial charge in [0.2, 0.25) is 5.95 Å². The maximum absolute atomic E-state index is 4.38. The van der Waals surface area contributed by atoms with Crippen LogP contribution in [0.25, 0.3) is 10.4 Å². The number of hydrogen-bond donors (Lipinski definition) is 1. The average molecular weight is 281 g/mol. The van der Waals surface area contributed by atoms with Crippen LogP contribution >= 0.6 is 11.3 Å². The van der Waals surface area contributed by atoms with E-state index in [9.17, 15) is 0 Å². The predicted octanol–water partition coefficient (Wildman–Crippen LogP) is 3.76. The van der Waals surface area contributed by atoms with Gasteiger partial charge in [-0.15, -0.1) is 11.3 Å². The van der Waals surface area contributed by atoms with Crippen molar-refractivity contribution in [1.82, 2.24) is 15.0 Å². The first kappa shape index (κ1) is 12.7. The van der Waals surface area contributed by atoms with Crippen molar-refractivity contribution in [3.63, 3.8) is 0 Å². The third kappa shape index (κ3) is 2.53. The molecule has 0 bridgehead atoms. The molecule has 0 saturated carbocycles. The molecule has 0 atom stereocenters. The Morgan fingerprint density at radius 2 is 2.10 bits per heavy atom. The molecule has 0 aliphatic carbocycles. The van der Waals surface area contributed by atoms with E-state index in [0.29, 0.717) is 5.95 Å². The summed E-state index contributed by atoms with van der Waals surface area (Å²) in [7, 11) is 0. The third-order valence-corrected chi connectivity index (χ3v) is 3.68. The SMILES string of the molecule is Cc1ccnc(Nc2cccc(C)c2-c2cn[c]s2)n1. The molecule has 99 valence electrons. The summed E-state index contributed by atoms with van der Waals surface area (Å²) in [5.74, 6) is 0.602. The number of aryl methyl sites for hydroxylation is 2. The smallest absolute Gasteiger partial charge is 0.227 e. The van der Waals surface area contributed by atoms with Gasteiger partial charge in [0.1, 0.15) is 0 Å². The lowest BCUT2D eigenvalue weighted by atomic mass is 10.1. The van der Waals surface area contributed by atoms with Crippen molar-refractivity contribution in [2.45, 2.75) is 13.8 Å². The van der Waals surface area contributed by atoms with Gasteiger partial charge in [-0.05, 0) is 31.5 Å². The van der Waals surface area contributed by atoms with Gasteiger partial charge < -0.3 is 5.32 Å². The molecule has 2 aromatic heterocycles. The quantitative estimate of drug-likeness (QED) is 0.794. The van der Waals surface area contributed by atoms with Crippen LogP contribution in [-0.4, -0.2) is 15.0 Å². The van der Waals surface area contributed by atoms with Crippen molar-refractivity contribution >= 4 is 23.0 Å². The molecule has 0 amide bonds. The van der Waals surface area contributed by atoms with Gasteiger partial charge in [0.15, 0.2) is 5.51 Å². The Morgan fingerprint density at radius 1 is 1.20 bits per heavy atom. The van der Waals surface area contributed by atoms with Crippen LogP contribution in [0.1, 0.15) is 11.3 Å². The molecule has 0 saturated heterocycles. The van der Waals surface area contributed by atoms with Crippen LogP contribution in [0.4, 0.5) is 11.6 Å². The molecule has 1 N–H and O–H groups in total. The topological polar surface area (TPSA) is 50.7 Å². The second-order valence-corrected chi connectivity index (χ2v) is 5.29. The van der Waals surface area contributed by atoms with Gasteiger partial charge in [0.05, 0.1) is 4.88 Å². The summed E-state index contributed by atoms with van der Waals surface area (Å²) in [6.45, 7) is 4.03. The van der Waals surface area contributed by atoms with E-state index in [1.165, 1.54) is 16.9 Å². The summed E-state index contributed by atoms with van der Waals surface area (Å²) in [5, 5.41) is 3.29. The average Bonchev–Trinajstić information content (AvgIpc) is 2.92. The number of hydrogen-bond acceptors (Lipinski definition) is 5. The molecule has 0 unspecified atom stereocenters. The molecule has 20 heavy (non-hydrogen) atoms. The maximum Gasteiger partial charge on any atom is 0.227 e. The van der Waals surface area contributed by atoms with Gasteiger partial charge in [-0.25, -0.2) is 15.0 Å². The van der Waals surface area contributed by atoms with E-state index in [-0.39, 0.29) is 0 Å². The van der Waals surface area contributed by atoms with Gasteiger partial charge in [0.25, 0.3) is 0 Å². The van der Waals surface area contributed by atoms with E-state index in [4.69, 9.17) is 0 Å². The Morgan fingerprint density at radius 3 is 2.85 bits per heavy atom. The first-order valence-electron chi connectivity index (χ1n) is 6.22. The Balaban J connectivity index is 2.04.